The first-order chi connectivity index (χ1) is 16.8. The Kier molecular flexibility index (Phi) is 6.81. The minimum atomic E-state index is -1.70. The van der Waals surface area contributed by atoms with E-state index in [9.17, 15) is 18.0 Å². The molecule has 0 spiro atoms. The molecule has 0 saturated heterocycles. The summed E-state index contributed by atoms with van der Waals surface area (Å²) in [6, 6.07) is 17.2. The molecule has 4 rings (SSSR count). The van der Waals surface area contributed by atoms with Gasteiger partial charge in [-0.05, 0) is 67.6 Å². The van der Waals surface area contributed by atoms with Gasteiger partial charge >= 0.3 is 0 Å². The van der Waals surface area contributed by atoms with Crippen molar-refractivity contribution in [1.29, 1.82) is 0 Å². The molecule has 0 fully saturated rings. The summed E-state index contributed by atoms with van der Waals surface area (Å²) in [6.45, 7) is 1.84. The summed E-state index contributed by atoms with van der Waals surface area (Å²) < 4.78 is 45.5. The highest BCUT2D eigenvalue weighted by Gasteiger charge is 2.18. The third-order valence-corrected chi connectivity index (χ3v) is 4.90. The van der Waals surface area contributed by atoms with Crippen LogP contribution < -0.4 is 20.7 Å². The Morgan fingerprint density at radius 3 is 2.11 bits per heavy atom. The van der Waals surface area contributed by atoms with Crippen LogP contribution in [0, 0.1) is 24.4 Å². The number of carbonyl (C=O) groups excluding carboxylic acids is 1. The molecule has 0 bridgehead atoms. The van der Waals surface area contributed by atoms with Crippen LogP contribution in [0.1, 0.15) is 16.1 Å². The van der Waals surface area contributed by atoms with Gasteiger partial charge in [0.15, 0.2) is 17.5 Å². The summed E-state index contributed by atoms with van der Waals surface area (Å²) in [5.74, 6) is -3.84. The number of nitrogens with one attached hydrogen (secondary N) is 3. The summed E-state index contributed by atoms with van der Waals surface area (Å²) >= 11 is 0. The number of hydrogen-bond donors (Lipinski definition) is 3. The second kappa shape index (κ2) is 10.1. The van der Waals surface area contributed by atoms with Crippen LogP contribution in [0.25, 0.3) is 0 Å². The summed E-state index contributed by atoms with van der Waals surface area (Å²) in [7, 11) is 1.60. The van der Waals surface area contributed by atoms with Gasteiger partial charge in [0, 0.05) is 28.8 Å². The highest BCUT2D eigenvalue weighted by molar-refractivity contribution is 6.04. The molecule has 3 aromatic carbocycles. The fraction of sp³-hybridized carbons (Fsp3) is 0.0800. The number of anilines is 5. The quantitative estimate of drug-likeness (QED) is 0.284. The van der Waals surface area contributed by atoms with Crippen LogP contribution >= 0.6 is 0 Å². The van der Waals surface area contributed by atoms with Crippen molar-refractivity contribution in [2.24, 2.45) is 0 Å². The molecule has 0 aliphatic rings. The molecule has 0 saturated carbocycles. The highest BCUT2D eigenvalue weighted by Crippen LogP contribution is 2.23. The van der Waals surface area contributed by atoms with Crippen molar-refractivity contribution in [2.75, 3.05) is 23.1 Å². The van der Waals surface area contributed by atoms with Crippen molar-refractivity contribution in [1.82, 2.24) is 9.97 Å². The van der Waals surface area contributed by atoms with E-state index in [1.165, 1.54) is 0 Å². The minimum Gasteiger partial charge on any atom is -0.497 e. The lowest BCUT2D eigenvalue weighted by Gasteiger charge is -2.11. The number of ether oxygens (including phenoxy) is 1. The number of rotatable bonds is 7. The predicted molar refractivity (Wildman–Crippen MR) is 127 cm³/mol. The third kappa shape index (κ3) is 5.67. The fourth-order valence-corrected chi connectivity index (χ4v) is 3.18. The summed E-state index contributed by atoms with van der Waals surface area (Å²) in [5, 5.41) is 8.73. The van der Waals surface area contributed by atoms with Crippen molar-refractivity contribution in [3.8, 4) is 5.75 Å². The predicted octanol–water partition coefficient (Wildman–Crippen LogP) is 5.95. The van der Waals surface area contributed by atoms with Gasteiger partial charge in [-0.15, -0.1) is 0 Å². The first-order valence-electron chi connectivity index (χ1n) is 10.4. The van der Waals surface area contributed by atoms with E-state index >= 15 is 0 Å². The molecule has 0 aliphatic carbocycles. The lowest BCUT2D eigenvalue weighted by atomic mass is 10.1. The number of nitrogens with zero attached hydrogens (tertiary/aromatic N) is 2. The molecule has 3 N–H and O–H groups in total. The lowest BCUT2D eigenvalue weighted by molar-refractivity contribution is 0.102. The van der Waals surface area contributed by atoms with Gasteiger partial charge in [-0.3, -0.25) is 4.79 Å². The fourth-order valence-electron chi connectivity index (χ4n) is 3.18. The molecule has 35 heavy (non-hydrogen) atoms. The molecule has 0 atom stereocenters. The topological polar surface area (TPSA) is 88.2 Å². The van der Waals surface area contributed by atoms with Crippen LogP contribution in [-0.2, 0) is 0 Å². The Balaban J connectivity index is 1.43. The SMILES string of the molecule is COc1ccc(Nc2cc(C)nc(Nc3ccc(NC(=O)c4ccc(F)c(F)c4F)cc3)n2)cc1. The molecule has 178 valence electrons. The van der Waals surface area contributed by atoms with Crippen LogP contribution in [-0.4, -0.2) is 23.0 Å². The molecule has 0 radical (unpaired) electrons. The van der Waals surface area contributed by atoms with E-state index in [-0.39, 0.29) is 0 Å². The molecule has 10 heteroatoms. The van der Waals surface area contributed by atoms with E-state index in [0.29, 0.717) is 29.2 Å². The average Bonchev–Trinajstić information content (AvgIpc) is 2.84. The second-order valence-electron chi connectivity index (χ2n) is 7.45. The van der Waals surface area contributed by atoms with Crippen LogP contribution in [0.2, 0.25) is 0 Å². The number of benzene rings is 3. The Morgan fingerprint density at radius 1 is 0.800 bits per heavy atom. The van der Waals surface area contributed by atoms with E-state index in [1.807, 2.05) is 31.2 Å². The molecule has 7 nitrogen and oxygen atoms in total. The van der Waals surface area contributed by atoms with Gasteiger partial charge in [0.05, 0.1) is 12.7 Å². The van der Waals surface area contributed by atoms with Crippen molar-refractivity contribution < 1.29 is 22.7 Å². The smallest absolute Gasteiger partial charge is 0.258 e. The van der Waals surface area contributed by atoms with Crippen LogP contribution in [0.4, 0.5) is 42.0 Å². The third-order valence-electron chi connectivity index (χ3n) is 4.90. The zero-order chi connectivity index (χ0) is 24.9. The number of amides is 1. The first-order valence-corrected chi connectivity index (χ1v) is 10.4. The number of aryl methyl sites for hydroxylation is 1. The van der Waals surface area contributed by atoms with Crippen LogP contribution in [0.5, 0.6) is 5.75 Å². The Hall–Kier alpha value is -4.60. The molecule has 1 heterocycles. The van der Waals surface area contributed by atoms with Gasteiger partial charge in [0.1, 0.15) is 11.6 Å². The van der Waals surface area contributed by atoms with Gasteiger partial charge in [-0.1, -0.05) is 0 Å². The van der Waals surface area contributed by atoms with E-state index in [1.54, 1.807) is 37.4 Å². The zero-order valence-electron chi connectivity index (χ0n) is 18.7. The summed E-state index contributed by atoms with van der Waals surface area (Å²) in [5.41, 5.74) is 1.92. The Labute approximate surface area is 199 Å². The molecule has 0 unspecified atom stereocenters. The molecule has 1 aromatic heterocycles. The number of carbonyl (C=O) groups is 1. The van der Waals surface area contributed by atoms with Crippen LogP contribution in [0.3, 0.4) is 0 Å². The van der Waals surface area contributed by atoms with E-state index in [4.69, 9.17) is 4.74 Å². The Bertz CT molecular complexity index is 1360. The van der Waals surface area contributed by atoms with Crippen molar-refractivity contribution in [3.05, 3.63) is 95.4 Å². The molecule has 0 aliphatic heterocycles. The molecule has 1 amide bonds. The maximum atomic E-state index is 13.8. The van der Waals surface area contributed by atoms with Gasteiger partial charge < -0.3 is 20.7 Å². The van der Waals surface area contributed by atoms with E-state index in [0.717, 1.165) is 23.2 Å². The summed E-state index contributed by atoms with van der Waals surface area (Å²) in [6.07, 6.45) is 0. The normalized spacial score (nSPS) is 10.5. The average molecular weight is 479 g/mol. The number of aromatic nitrogens is 2. The standard InChI is InChI=1S/C25H20F3N5O2/c1-14-13-21(30-15-7-9-18(35-2)10-8-15)33-25(29-14)32-17-5-3-16(4-6-17)31-24(34)19-11-12-20(26)23(28)22(19)27/h3-13H,1-2H3,(H,31,34)(H2,29,30,32,33). The number of hydrogen-bond acceptors (Lipinski definition) is 6. The minimum absolute atomic E-state index is 0.330. The second-order valence-corrected chi connectivity index (χ2v) is 7.45. The first kappa shape index (κ1) is 23.6. The maximum absolute atomic E-state index is 13.8. The van der Waals surface area contributed by atoms with Gasteiger partial charge in [-0.2, -0.15) is 4.98 Å². The van der Waals surface area contributed by atoms with Crippen molar-refractivity contribution in [2.45, 2.75) is 6.92 Å². The molecular weight excluding hydrogens is 459 g/mol. The monoisotopic (exact) mass is 479 g/mol. The van der Waals surface area contributed by atoms with Gasteiger partial charge in [0.25, 0.3) is 5.91 Å². The largest absolute Gasteiger partial charge is 0.497 e. The number of methoxy groups -OCH3 is 1. The lowest BCUT2D eigenvalue weighted by Crippen LogP contribution is -2.15. The maximum Gasteiger partial charge on any atom is 0.258 e. The zero-order valence-corrected chi connectivity index (χ0v) is 18.7. The van der Waals surface area contributed by atoms with E-state index < -0.39 is 28.9 Å². The van der Waals surface area contributed by atoms with Gasteiger partial charge in [-0.25, -0.2) is 18.2 Å². The molecule has 4 aromatic rings. The molecular formula is C25H20F3N5O2. The van der Waals surface area contributed by atoms with Crippen LogP contribution in [0.15, 0.2) is 66.7 Å². The Morgan fingerprint density at radius 2 is 1.43 bits per heavy atom. The number of halogens is 3. The highest BCUT2D eigenvalue weighted by atomic mass is 19.2. The van der Waals surface area contributed by atoms with Crippen molar-refractivity contribution >= 4 is 34.7 Å². The summed E-state index contributed by atoms with van der Waals surface area (Å²) in [4.78, 5) is 21.1. The van der Waals surface area contributed by atoms with E-state index in [2.05, 4.69) is 25.9 Å². The van der Waals surface area contributed by atoms with Crippen molar-refractivity contribution in [3.63, 3.8) is 0 Å². The van der Waals surface area contributed by atoms with Gasteiger partial charge in [0.2, 0.25) is 5.95 Å².